The Kier molecular flexibility index (Phi) is 5.43. The van der Waals surface area contributed by atoms with Crippen LogP contribution in [-0.4, -0.2) is 19.5 Å². The number of fused-ring (bicyclic) bond motifs is 9. The lowest BCUT2D eigenvalue weighted by atomic mass is 9.97. The van der Waals surface area contributed by atoms with E-state index in [1.807, 2.05) is 48.5 Å². The van der Waals surface area contributed by atoms with Crippen molar-refractivity contribution in [3.63, 3.8) is 0 Å². The zero-order valence-electron chi connectivity index (χ0n) is 25.2. The number of aromatic nitrogens is 4. The van der Waals surface area contributed by atoms with Gasteiger partial charge in [-0.05, 0) is 70.6 Å². The highest BCUT2D eigenvalue weighted by atomic mass is 16.1. The summed E-state index contributed by atoms with van der Waals surface area (Å²) in [4.78, 5) is 26.7. The minimum atomic E-state index is -0.0293. The number of pyridine rings is 1. The highest BCUT2D eigenvalue weighted by molar-refractivity contribution is 6.10. The maximum absolute atomic E-state index is 13.3. The summed E-state index contributed by atoms with van der Waals surface area (Å²) in [5.41, 5.74) is 12.1. The first-order valence-corrected chi connectivity index (χ1v) is 15.8. The van der Waals surface area contributed by atoms with Gasteiger partial charge < -0.3 is 4.98 Å². The van der Waals surface area contributed by atoms with Crippen molar-refractivity contribution >= 4 is 43.6 Å². The third-order valence-electron chi connectivity index (χ3n) is 9.62. The van der Waals surface area contributed by atoms with Gasteiger partial charge in [0.1, 0.15) is 0 Å². The number of H-pyrrole nitrogens is 1. The molecule has 47 heavy (non-hydrogen) atoms. The molecule has 3 aromatic heterocycles. The average molecular weight is 603 g/mol. The zero-order valence-corrected chi connectivity index (χ0v) is 25.2. The van der Waals surface area contributed by atoms with Crippen molar-refractivity contribution in [1.29, 1.82) is 0 Å². The molecule has 1 aliphatic carbocycles. The van der Waals surface area contributed by atoms with Crippen LogP contribution in [0.25, 0.3) is 83.1 Å². The summed E-state index contributed by atoms with van der Waals surface area (Å²) >= 11 is 0. The molecule has 0 aliphatic heterocycles. The fraction of sp³-hybridized carbons (Fsp3) is 0.0238. The van der Waals surface area contributed by atoms with Gasteiger partial charge in [0.2, 0.25) is 5.95 Å². The Morgan fingerprint density at radius 3 is 2.17 bits per heavy atom. The van der Waals surface area contributed by atoms with Crippen LogP contribution in [0.15, 0.2) is 144 Å². The Balaban J connectivity index is 1.16. The van der Waals surface area contributed by atoms with Gasteiger partial charge in [-0.25, -0.2) is 9.97 Å². The quantitative estimate of drug-likeness (QED) is 0.219. The summed E-state index contributed by atoms with van der Waals surface area (Å²) < 4.78 is 2.18. The SMILES string of the molecule is O=c1[nH]c2ccccc2c2c1-c1cc(-c3ccc4c(c3)c3ccccc3n4-c3nc(-c4ccccc4)c4ccccc4n3)ccc1C2. The van der Waals surface area contributed by atoms with Gasteiger partial charge in [-0.2, -0.15) is 0 Å². The van der Waals surface area contributed by atoms with Crippen molar-refractivity contribution in [3.05, 3.63) is 161 Å². The Hall–Kier alpha value is -6.33. The largest absolute Gasteiger partial charge is 0.321 e. The third kappa shape index (κ3) is 3.87. The molecule has 0 amide bonds. The van der Waals surface area contributed by atoms with Gasteiger partial charge in [-0.3, -0.25) is 9.36 Å². The molecule has 0 spiro atoms. The molecule has 0 atom stereocenters. The van der Waals surface area contributed by atoms with E-state index < -0.39 is 0 Å². The monoisotopic (exact) mass is 602 g/mol. The van der Waals surface area contributed by atoms with Gasteiger partial charge in [0.05, 0.1) is 27.8 Å². The fourth-order valence-corrected chi connectivity index (χ4v) is 7.46. The second-order valence-electron chi connectivity index (χ2n) is 12.2. The smallest absolute Gasteiger partial charge is 0.256 e. The molecule has 0 fully saturated rings. The Morgan fingerprint density at radius 1 is 0.574 bits per heavy atom. The van der Waals surface area contributed by atoms with E-state index in [2.05, 4.69) is 101 Å². The normalized spacial score (nSPS) is 12.3. The van der Waals surface area contributed by atoms with Crippen LogP contribution < -0.4 is 5.56 Å². The van der Waals surface area contributed by atoms with Crippen LogP contribution in [-0.2, 0) is 6.42 Å². The van der Waals surface area contributed by atoms with Gasteiger partial charge in [-0.15, -0.1) is 0 Å². The maximum atomic E-state index is 13.3. The number of para-hydroxylation sites is 3. The molecule has 9 aromatic rings. The van der Waals surface area contributed by atoms with Crippen LogP contribution in [0.2, 0.25) is 0 Å². The van der Waals surface area contributed by atoms with Gasteiger partial charge in [-0.1, -0.05) is 103 Å². The minimum Gasteiger partial charge on any atom is -0.321 e. The molecular formula is C42H26N4O. The molecule has 5 heteroatoms. The van der Waals surface area contributed by atoms with E-state index in [-0.39, 0.29) is 5.56 Å². The molecule has 5 nitrogen and oxygen atoms in total. The number of nitrogens with zero attached hydrogens (tertiary/aromatic N) is 3. The van der Waals surface area contributed by atoms with Crippen LogP contribution in [0, 0.1) is 0 Å². The topological polar surface area (TPSA) is 63.6 Å². The zero-order chi connectivity index (χ0) is 31.1. The van der Waals surface area contributed by atoms with Gasteiger partial charge >= 0.3 is 0 Å². The molecular weight excluding hydrogens is 576 g/mol. The predicted molar refractivity (Wildman–Crippen MR) is 191 cm³/mol. The highest BCUT2D eigenvalue weighted by Gasteiger charge is 2.25. The summed E-state index contributed by atoms with van der Waals surface area (Å²) in [5, 5.41) is 4.40. The summed E-state index contributed by atoms with van der Waals surface area (Å²) in [6.45, 7) is 0. The first-order chi connectivity index (χ1) is 23.2. The van der Waals surface area contributed by atoms with Crippen molar-refractivity contribution in [2.45, 2.75) is 6.42 Å². The molecule has 3 heterocycles. The molecule has 1 N–H and O–H groups in total. The van der Waals surface area contributed by atoms with Crippen LogP contribution in [0.5, 0.6) is 0 Å². The molecule has 0 saturated carbocycles. The Labute approximate surface area is 269 Å². The number of rotatable bonds is 3. The Bertz CT molecular complexity index is 2790. The van der Waals surface area contributed by atoms with E-state index in [0.29, 0.717) is 5.95 Å². The highest BCUT2D eigenvalue weighted by Crippen LogP contribution is 2.41. The number of hydrogen-bond acceptors (Lipinski definition) is 3. The lowest BCUT2D eigenvalue weighted by molar-refractivity contribution is 1.01. The summed E-state index contributed by atoms with van der Waals surface area (Å²) in [7, 11) is 0. The van der Waals surface area contributed by atoms with Gasteiger partial charge in [0.15, 0.2) is 0 Å². The molecule has 1 aliphatic rings. The number of hydrogen-bond donors (Lipinski definition) is 1. The molecule has 0 saturated heterocycles. The summed E-state index contributed by atoms with van der Waals surface area (Å²) in [6.07, 6.45) is 0.763. The first-order valence-electron chi connectivity index (χ1n) is 15.8. The van der Waals surface area contributed by atoms with Crippen molar-refractivity contribution < 1.29 is 0 Å². The molecule has 0 unspecified atom stereocenters. The van der Waals surface area contributed by atoms with E-state index in [4.69, 9.17) is 9.97 Å². The second-order valence-corrected chi connectivity index (χ2v) is 12.2. The molecule has 0 bridgehead atoms. The lowest BCUT2D eigenvalue weighted by Gasteiger charge is -2.12. The standard InChI is InChI=1S/C42H26N4O/c47-41-39-32-22-26(18-19-28(32)24-34(39)29-12-4-7-15-35(29)43-41)27-20-21-38-33(23-27)30-13-6-9-17-37(30)46(38)42-44-36-16-8-5-14-31(36)40(45-42)25-10-2-1-3-11-25/h1-23H,24H2,(H,43,47). The number of aromatic amines is 1. The van der Waals surface area contributed by atoms with Crippen LogP contribution in [0.1, 0.15) is 11.1 Å². The molecule has 10 rings (SSSR count). The van der Waals surface area contributed by atoms with Gasteiger partial charge in [0.25, 0.3) is 5.56 Å². The van der Waals surface area contributed by atoms with Crippen molar-refractivity contribution in [1.82, 2.24) is 19.5 Å². The molecule has 6 aromatic carbocycles. The van der Waals surface area contributed by atoms with E-state index in [1.54, 1.807) is 0 Å². The van der Waals surface area contributed by atoms with Crippen molar-refractivity contribution in [3.8, 4) is 39.5 Å². The van der Waals surface area contributed by atoms with E-state index in [1.165, 1.54) is 5.56 Å². The minimum absolute atomic E-state index is 0.0293. The van der Waals surface area contributed by atoms with Crippen LogP contribution in [0.3, 0.4) is 0 Å². The molecule has 220 valence electrons. The first kappa shape index (κ1) is 25.9. The third-order valence-corrected chi connectivity index (χ3v) is 9.62. The van der Waals surface area contributed by atoms with Gasteiger partial charge in [0, 0.05) is 32.6 Å². The van der Waals surface area contributed by atoms with Crippen LogP contribution in [0.4, 0.5) is 0 Å². The lowest BCUT2D eigenvalue weighted by Crippen LogP contribution is -2.09. The number of benzene rings is 6. The summed E-state index contributed by atoms with van der Waals surface area (Å²) in [5.74, 6) is 0.641. The van der Waals surface area contributed by atoms with E-state index >= 15 is 0 Å². The van der Waals surface area contributed by atoms with Crippen LogP contribution >= 0.6 is 0 Å². The maximum Gasteiger partial charge on any atom is 0.256 e. The molecule has 0 radical (unpaired) electrons. The predicted octanol–water partition coefficient (Wildman–Crippen LogP) is 9.47. The average Bonchev–Trinajstić information content (AvgIpc) is 3.68. The second kappa shape index (κ2) is 9.83. The fourth-order valence-electron chi connectivity index (χ4n) is 7.46. The van der Waals surface area contributed by atoms with E-state index in [9.17, 15) is 4.79 Å². The van der Waals surface area contributed by atoms with Crippen molar-refractivity contribution in [2.24, 2.45) is 0 Å². The van der Waals surface area contributed by atoms with Crippen molar-refractivity contribution in [2.75, 3.05) is 0 Å². The number of nitrogens with one attached hydrogen (secondary N) is 1. The Morgan fingerprint density at radius 2 is 1.28 bits per heavy atom. The summed E-state index contributed by atoms with van der Waals surface area (Å²) in [6, 6.07) is 48.2. The van der Waals surface area contributed by atoms with E-state index in [0.717, 1.165) is 89.1 Å².